The van der Waals surface area contributed by atoms with Crippen molar-refractivity contribution < 1.29 is 14.7 Å². The van der Waals surface area contributed by atoms with Crippen LogP contribution in [0.25, 0.3) is 0 Å². The number of aromatic amines is 1. The number of nitrogens with zero attached hydrogens (tertiary/aromatic N) is 1. The van der Waals surface area contributed by atoms with Crippen molar-refractivity contribution in [2.75, 3.05) is 7.11 Å². The predicted octanol–water partition coefficient (Wildman–Crippen LogP) is 0.204. The highest BCUT2D eigenvalue weighted by Crippen LogP contribution is 2.10. The van der Waals surface area contributed by atoms with Gasteiger partial charge in [0.2, 0.25) is 0 Å². The Labute approximate surface area is 80.4 Å². The summed E-state index contributed by atoms with van der Waals surface area (Å²) in [4.78, 5) is 13.9. The topological polar surface area (TPSA) is 101 Å². The molecule has 0 aliphatic rings. The molecular weight excluding hydrogens is 186 g/mol. The molecule has 0 saturated heterocycles. The zero-order chi connectivity index (χ0) is 10.7. The van der Waals surface area contributed by atoms with Crippen LogP contribution in [0.1, 0.15) is 21.7 Å². The van der Waals surface area contributed by atoms with Gasteiger partial charge in [0.05, 0.1) is 12.8 Å². The molecular formula is C8H11N3O3. The Morgan fingerprint density at radius 3 is 2.86 bits per heavy atom. The average Bonchev–Trinajstić information content (AvgIpc) is 2.58. The molecule has 4 N–H and O–H groups in total. The molecule has 1 aromatic rings. The van der Waals surface area contributed by atoms with Crippen molar-refractivity contribution in [2.45, 2.75) is 6.92 Å². The first-order chi connectivity index (χ1) is 6.60. The quantitative estimate of drug-likeness (QED) is 0.207. The second kappa shape index (κ2) is 3.82. The number of ether oxygens (including phenoxy) is 1. The summed E-state index contributed by atoms with van der Waals surface area (Å²) in [6.07, 6.45) is 0. The van der Waals surface area contributed by atoms with Gasteiger partial charge in [-0.05, 0) is 18.6 Å². The molecule has 0 bridgehead atoms. The first-order valence-corrected chi connectivity index (χ1v) is 3.86. The van der Waals surface area contributed by atoms with E-state index >= 15 is 0 Å². The van der Waals surface area contributed by atoms with Gasteiger partial charge >= 0.3 is 5.97 Å². The zero-order valence-corrected chi connectivity index (χ0v) is 7.87. The van der Waals surface area contributed by atoms with E-state index in [-0.39, 0.29) is 5.84 Å². The van der Waals surface area contributed by atoms with Gasteiger partial charge in [0.25, 0.3) is 0 Å². The van der Waals surface area contributed by atoms with Crippen LogP contribution in [0, 0.1) is 6.92 Å². The minimum absolute atomic E-state index is 0.0803. The van der Waals surface area contributed by atoms with Crippen LogP contribution in [0.3, 0.4) is 0 Å². The summed E-state index contributed by atoms with van der Waals surface area (Å²) in [5, 5.41) is 11.2. The van der Waals surface area contributed by atoms with E-state index in [0.29, 0.717) is 17.0 Å². The van der Waals surface area contributed by atoms with Crippen molar-refractivity contribution >= 4 is 11.8 Å². The molecule has 6 heteroatoms. The van der Waals surface area contributed by atoms with E-state index in [1.54, 1.807) is 13.0 Å². The molecule has 0 unspecified atom stereocenters. The van der Waals surface area contributed by atoms with E-state index in [2.05, 4.69) is 14.9 Å². The molecule has 0 aliphatic heterocycles. The Kier molecular flexibility index (Phi) is 2.76. The van der Waals surface area contributed by atoms with Crippen molar-refractivity contribution in [1.82, 2.24) is 4.98 Å². The zero-order valence-electron chi connectivity index (χ0n) is 7.87. The summed E-state index contributed by atoms with van der Waals surface area (Å²) in [6.45, 7) is 1.72. The van der Waals surface area contributed by atoms with Gasteiger partial charge < -0.3 is 20.7 Å². The molecule has 0 aromatic carbocycles. The number of carbonyl (C=O) groups excluding carboxylic acids is 1. The van der Waals surface area contributed by atoms with E-state index in [9.17, 15) is 4.79 Å². The van der Waals surface area contributed by atoms with Gasteiger partial charge in [0.1, 0.15) is 5.69 Å². The lowest BCUT2D eigenvalue weighted by Gasteiger charge is -1.96. The van der Waals surface area contributed by atoms with Gasteiger partial charge in [-0.25, -0.2) is 4.79 Å². The van der Waals surface area contributed by atoms with Gasteiger partial charge in [-0.2, -0.15) is 0 Å². The summed E-state index contributed by atoms with van der Waals surface area (Å²) in [5.41, 5.74) is 6.69. The van der Waals surface area contributed by atoms with E-state index in [0.717, 1.165) is 0 Å². The number of aromatic nitrogens is 1. The standard InChI is InChI=1S/C8H11N3O3/c1-4-3-5(7(9)11-13)10-6(4)8(12)14-2/h3,10,13H,1-2H3,(H2,9,11). The van der Waals surface area contributed by atoms with Crippen molar-refractivity contribution in [2.24, 2.45) is 10.9 Å². The number of aryl methyl sites for hydroxylation is 1. The maximum atomic E-state index is 11.2. The van der Waals surface area contributed by atoms with Gasteiger partial charge in [0.15, 0.2) is 5.84 Å². The number of hydrogen-bond donors (Lipinski definition) is 3. The van der Waals surface area contributed by atoms with Gasteiger partial charge in [-0.15, -0.1) is 0 Å². The fraction of sp³-hybridized carbons (Fsp3) is 0.250. The average molecular weight is 197 g/mol. The summed E-state index contributed by atoms with van der Waals surface area (Å²) in [5.74, 6) is -0.567. The Balaban J connectivity index is 3.11. The van der Waals surface area contributed by atoms with Crippen molar-refractivity contribution in [1.29, 1.82) is 0 Å². The fourth-order valence-electron chi connectivity index (χ4n) is 1.06. The second-order valence-corrected chi connectivity index (χ2v) is 2.72. The third-order valence-electron chi connectivity index (χ3n) is 1.79. The van der Waals surface area contributed by atoms with Crippen LogP contribution in [0.5, 0.6) is 0 Å². The van der Waals surface area contributed by atoms with Crippen LogP contribution in [0.4, 0.5) is 0 Å². The van der Waals surface area contributed by atoms with E-state index in [1.165, 1.54) is 7.11 Å². The maximum Gasteiger partial charge on any atom is 0.354 e. The molecule has 0 radical (unpaired) electrons. The van der Waals surface area contributed by atoms with Crippen LogP contribution in [-0.4, -0.2) is 29.1 Å². The number of carbonyl (C=O) groups is 1. The third-order valence-corrected chi connectivity index (χ3v) is 1.79. The molecule has 0 amide bonds. The number of hydrogen-bond acceptors (Lipinski definition) is 4. The van der Waals surface area contributed by atoms with Crippen molar-refractivity contribution in [3.63, 3.8) is 0 Å². The second-order valence-electron chi connectivity index (χ2n) is 2.72. The molecule has 76 valence electrons. The van der Waals surface area contributed by atoms with E-state index < -0.39 is 5.97 Å². The lowest BCUT2D eigenvalue weighted by Crippen LogP contribution is -2.14. The number of oxime groups is 1. The summed E-state index contributed by atoms with van der Waals surface area (Å²) < 4.78 is 4.53. The summed E-state index contributed by atoms with van der Waals surface area (Å²) >= 11 is 0. The van der Waals surface area contributed by atoms with Gasteiger partial charge in [0, 0.05) is 0 Å². The summed E-state index contributed by atoms with van der Waals surface area (Å²) in [6, 6.07) is 1.60. The molecule has 1 aromatic heterocycles. The normalized spacial score (nSPS) is 11.4. The summed E-state index contributed by atoms with van der Waals surface area (Å²) in [7, 11) is 1.28. The molecule has 0 atom stereocenters. The van der Waals surface area contributed by atoms with Gasteiger partial charge in [-0.3, -0.25) is 0 Å². The predicted molar refractivity (Wildman–Crippen MR) is 49.4 cm³/mol. The Morgan fingerprint density at radius 1 is 1.71 bits per heavy atom. The number of nitrogens with two attached hydrogens (primary N) is 1. The largest absolute Gasteiger partial charge is 0.464 e. The minimum Gasteiger partial charge on any atom is -0.464 e. The SMILES string of the molecule is COC(=O)c1[nH]c(/C(N)=N\O)cc1C. The third kappa shape index (κ3) is 1.68. The molecule has 1 heterocycles. The first-order valence-electron chi connectivity index (χ1n) is 3.86. The lowest BCUT2D eigenvalue weighted by atomic mass is 10.2. The molecule has 0 fully saturated rings. The van der Waals surface area contributed by atoms with Crippen LogP contribution in [0.2, 0.25) is 0 Å². The highest BCUT2D eigenvalue weighted by Gasteiger charge is 2.14. The van der Waals surface area contributed by atoms with Crippen molar-refractivity contribution in [3.8, 4) is 0 Å². The molecule has 6 nitrogen and oxygen atoms in total. The number of H-pyrrole nitrogens is 1. The first kappa shape index (κ1) is 10.1. The molecule has 0 aliphatic carbocycles. The fourth-order valence-corrected chi connectivity index (χ4v) is 1.06. The monoisotopic (exact) mass is 197 g/mol. The highest BCUT2D eigenvalue weighted by molar-refractivity contribution is 5.98. The van der Waals surface area contributed by atoms with Crippen LogP contribution in [-0.2, 0) is 4.74 Å². The van der Waals surface area contributed by atoms with E-state index in [4.69, 9.17) is 10.9 Å². The molecule has 0 saturated carbocycles. The lowest BCUT2D eigenvalue weighted by molar-refractivity contribution is 0.0594. The Hall–Kier alpha value is -1.98. The molecule has 1 rings (SSSR count). The smallest absolute Gasteiger partial charge is 0.354 e. The number of nitrogens with one attached hydrogen (secondary N) is 1. The van der Waals surface area contributed by atoms with Crippen LogP contribution in [0.15, 0.2) is 11.2 Å². The Bertz CT molecular complexity index is 381. The number of methoxy groups -OCH3 is 1. The molecule has 0 spiro atoms. The van der Waals surface area contributed by atoms with Gasteiger partial charge in [-0.1, -0.05) is 5.16 Å². The molecule has 14 heavy (non-hydrogen) atoms. The highest BCUT2D eigenvalue weighted by atomic mass is 16.5. The Morgan fingerprint density at radius 2 is 2.36 bits per heavy atom. The maximum absolute atomic E-state index is 11.2. The number of amidine groups is 1. The van der Waals surface area contributed by atoms with Crippen LogP contribution < -0.4 is 5.73 Å². The number of rotatable bonds is 2. The van der Waals surface area contributed by atoms with Crippen LogP contribution >= 0.6 is 0 Å². The van der Waals surface area contributed by atoms with E-state index in [1.807, 2.05) is 0 Å². The van der Waals surface area contributed by atoms with Crippen molar-refractivity contribution in [3.05, 3.63) is 23.0 Å². The number of esters is 1. The minimum atomic E-state index is -0.487.